The number of carbonyl (C=O) groups excluding carboxylic acids is 1. The zero-order valence-corrected chi connectivity index (χ0v) is 15.4. The third kappa shape index (κ3) is 5.40. The molecule has 3 rings (SSSR count). The Hall–Kier alpha value is -2.68. The molecule has 144 valence electrons. The van der Waals surface area contributed by atoms with E-state index in [2.05, 4.69) is 9.71 Å². The van der Waals surface area contributed by atoms with Crippen LogP contribution in [0.4, 0.5) is 4.39 Å². The van der Waals surface area contributed by atoms with Crippen LogP contribution in [0.3, 0.4) is 0 Å². The van der Waals surface area contributed by atoms with Crippen molar-refractivity contribution in [2.24, 2.45) is 4.40 Å². The van der Waals surface area contributed by atoms with Gasteiger partial charge in [0.1, 0.15) is 17.4 Å². The number of nitrogens with zero attached hydrogens (tertiary/aromatic N) is 2. The lowest BCUT2D eigenvalue weighted by Crippen LogP contribution is -2.38. The van der Waals surface area contributed by atoms with E-state index in [0.717, 1.165) is 12.8 Å². The van der Waals surface area contributed by atoms with Crippen molar-refractivity contribution in [3.63, 3.8) is 0 Å². The van der Waals surface area contributed by atoms with E-state index in [1.54, 1.807) is 29.3 Å². The fourth-order valence-electron chi connectivity index (χ4n) is 2.59. The molecule has 2 heterocycles. The third-order valence-electron chi connectivity index (χ3n) is 4.03. The Morgan fingerprint density at radius 1 is 1.22 bits per heavy atom. The Morgan fingerprint density at radius 2 is 2.00 bits per heavy atom. The van der Waals surface area contributed by atoms with Crippen molar-refractivity contribution >= 4 is 21.8 Å². The molecule has 0 aliphatic carbocycles. The number of fused-ring (bicyclic) bond motifs is 1. The number of sulfonamides is 1. The fourth-order valence-corrected chi connectivity index (χ4v) is 3.56. The minimum absolute atomic E-state index is 0.0657. The highest BCUT2D eigenvalue weighted by molar-refractivity contribution is 7.90. The van der Waals surface area contributed by atoms with E-state index in [1.807, 2.05) is 0 Å². The number of amides is 1. The van der Waals surface area contributed by atoms with Gasteiger partial charge >= 0.3 is 0 Å². The number of amidine groups is 1. The first-order valence-electron chi connectivity index (χ1n) is 8.59. The summed E-state index contributed by atoms with van der Waals surface area (Å²) in [5.74, 6) is 0.345. The second-order valence-corrected chi connectivity index (χ2v) is 7.87. The van der Waals surface area contributed by atoms with Gasteiger partial charge in [-0.1, -0.05) is 0 Å². The molecule has 9 heteroatoms. The Labute approximate surface area is 157 Å². The van der Waals surface area contributed by atoms with Gasteiger partial charge in [-0.2, -0.15) is 0 Å². The predicted octanol–water partition coefficient (Wildman–Crippen LogP) is 1.60. The van der Waals surface area contributed by atoms with E-state index in [0.29, 0.717) is 30.3 Å². The monoisotopic (exact) mass is 393 g/mol. The number of rotatable bonds is 7. The molecule has 2 aliphatic rings. The molecule has 1 aromatic rings. The standard InChI is InChI=1S/C18H20FN3O4S/c19-15-4-6-16(7-5-15)26-11-2-1-9-20-18(23)14-3-8-17-21-27(24,25)12-10-22(17)13-14/h3-8,13H,1-2,9-12H2,(H,20,23). The largest absolute Gasteiger partial charge is 0.494 e. The zero-order chi connectivity index (χ0) is 19.3. The molecule has 1 N–H and O–H groups in total. The van der Waals surface area contributed by atoms with Crippen LogP contribution in [0.2, 0.25) is 0 Å². The van der Waals surface area contributed by atoms with Gasteiger partial charge in [0.25, 0.3) is 15.9 Å². The molecule has 0 aromatic heterocycles. The van der Waals surface area contributed by atoms with Crippen LogP contribution in [-0.2, 0) is 14.8 Å². The van der Waals surface area contributed by atoms with E-state index in [9.17, 15) is 17.6 Å². The molecule has 0 bridgehead atoms. The fraction of sp³-hybridized carbons (Fsp3) is 0.333. The maximum Gasteiger partial charge on any atom is 0.256 e. The summed E-state index contributed by atoms with van der Waals surface area (Å²) in [6, 6.07) is 5.83. The lowest BCUT2D eigenvalue weighted by atomic mass is 10.1. The maximum atomic E-state index is 12.8. The molecule has 0 unspecified atom stereocenters. The normalized spacial score (nSPS) is 17.6. The summed E-state index contributed by atoms with van der Waals surface area (Å²) in [6.07, 6.45) is 6.18. The van der Waals surface area contributed by atoms with Crippen molar-refractivity contribution < 1.29 is 22.3 Å². The van der Waals surface area contributed by atoms with Crippen LogP contribution in [0.15, 0.2) is 52.6 Å². The van der Waals surface area contributed by atoms with Crippen LogP contribution >= 0.6 is 0 Å². The quantitative estimate of drug-likeness (QED) is 0.711. The molecular weight excluding hydrogens is 373 g/mol. The van der Waals surface area contributed by atoms with Gasteiger partial charge in [-0.3, -0.25) is 4.79 Å². The highest BCUT2D eigenvalue weighted by atomic mass is 32.2. The molecule has 2 aliphatic heterocycles. The van der Waals surface area contributed by atoms with Gasteiger partial charge in [-0.25, -0.2) is 12.8 Å². The van der Waals surface area contributed by atoms with Crippen molar-refractivity contribution in [1.82, 2.24) is 10.2 Å². The van der Waals surface area contributed by atoms with Gasteiger partial charge in [-0.05, 0) is 49.3 Å². The lowest BCUT2D eigenvalue weighted by molar-refractivity contribution is -0.117. The molecule has 0 radical (unpaired) electrons. The van der Waals surface area contributed by atoms with Gasteiger partial charge in [0.15, 0.2) is 0 Å². The van der Waals surface area contributed by atoms with Crippen LogP contribution in [-0.4, -0.2) is 50.5 Å². The number of ether oxygens (including phenoxy) is 1. The number of halogens is 1. The van der Waals surface area contributed by atoms with Crippen LogP contribution in [0.25, 0.3) is 0 Å². The molecular formula is C18H20FN3O4S. The van der Waals surface area contributed by atoms with Crippen LogP contribution in [0.5, 0.6) is 5.75 Å². The van der Waals surface area contributed by atoms with Gasteiger partial charge in [0.2, 0.25) is 0 Å². The van der Waals surface area contributed by atoms with Crippen molar-refractivity contribution in [2.45, 2.75) is 12.8 Å². The van der Waals surface area contributed by atoms with Crippen LogP contribution in [0.1, 0.15) is 12.8 Å². The van der Waals surface area contributed by atoms with Crippen molar-refractivity contribution in [3.05, 3.63) is 54.0 Å². The predicted molar refractivity (Wildman–Crippen MR) is 99.3 cm³/mol. The number of benzene rings is 1. The van der Waals surface area contributed by atoms with Gasteiger partial charge in [0.05, 0.1) is 17.9 Å². The van der Waals surface area contributed by atoms with E-state index in [1.165, 1.54) is 18.2 Å². The molecule has 0 saturated heterocycles. The number of carbonyl (C=O) groups is 1. The van der Waals surface area contributed by atoms with Crippen molar-refractivity contribution in [2.75, 3.05) is 25.4 Å². The number of unbranched alkanes of at least 4 members (excludes halogenated alkanes) is 1. The first-order chi connectivity index (χ1) is 12.9. The van der Waals surface area contributed by atoms with E-state index < -0.39 is 10.0 Å². The maximum absolute atomic E-state index is 12.8. The Balaban J connectivity index is 1.38. The topological polar surface area (TPSA) is 88.1 Å². The van der Waals surface area contributed by atoms with Crippen LogP contribution in [0, 0.1) is 5.82 Å². The first-order valence-corrected chi connectivity index (χ1v) is 10.2. The third-order valence-corrected chi connectivity index (χ3v) is 5.19. The van der Waals surface area contributed by atoms with E-state index in [-0.39, 0.29) is 24.0 Å². The summed E-state index contributed by atoms with van der Waals surface area (Å²) in [5, 5.41) is 2.82. The summed E-state index contributed by atoms with van der Waals surface area (Å²) >= 11 is 0. The molecule has 0 spiro atoms. The minimum atomic E-state index is -3.40. The van der Waals surface area contributed by atoms with Gasteiger partial charge in [-0.15, -0.1) is 4.40 Å². The molecule has 0 fully saturated rings. The lowest BCUT2D eigenvalue weighted by Gasteiger charge is -2.26. The van der Waals surface area contributed by atoms with Crippen LogP contribution < -0.4 is 10.1 Å². The van der Waals surface area contributed by atoms with Gasteiger partial charge < -0.3 is 15.0 Å². The Morgan fingerprint density at radius 3 is 2.78 bits per heavy atom. The van der Waals surface area contributed by atoms with Gasteiger partial charge in [0, 0.05) is 19.3 Å². The number of hydrogen-bond donors (Lipinski definition) is 1. The highest BCUT2D eigenvalue weighted by Crippen LogP contribution is 2.16. The zero-order valence-electron chi connectivity index (χ0n) is 14.6. The minimum Gasteiger partial charge on any atom is -0.494 e. The summed E-state index contributed by atoms with van der Waals surface area (Å²) in [5.41, 5.74) is 0.454. The molecule has 0 saturated carbocycles. The molecule has 27 heavy (non-hydrogen) atoms. The number of hydrogen-bond acceptors (Lipinski definition) is 5. The van der Waals surface area contributed by atoms with E-state index >= 15 is 0 Å². The molecule has 7 nitrogen and oxygen atoms in total. The Bertz CT molecular complexity index is 892. The highest BCUT2D eigenvalue weighted by Gasteiger charge is 2.24. The smallest absolute Gasteiger partial charge is 0.256 e. The average molecular weight is 393 g/mol. The summed E-state index contributed by atoms with van der Waals surface area (Å²) in [6.45, 7) is 1.25. The average Bonchev–Trinajstić information content (AvgIpc) is 2.64. The first kappa shape index (κ1) is 19.1. The molecule has 1 aromatic carbocycles. The second-order valence-electron chi connectivity index (χ2n) is 6.11. The van der Waals surface area contributed by atoms with E-state index in [4.69, 9.17) is 4.74 Å². The van der Waals surface area contributed by atoms with Crippen molar-refractivity contribution in [1.29, 1.82) is 0 Å². The summed E-state index contributed by atoms with van der Waals surface area (Å²) < 4.78 is 44.9. The molecule has 1 amide bonds. The SMILES string of the molecule is O=C(NCCCCOc1ccc(F)cc1)C1=CN2CCS(=O)(=O)N=C2C=C1. The number of nitrogens with one attached hydrogen (secondary N) is 1. The summed E-state index contributed by atoms with van der Waals surface area (Å²) in [4.78, 5) is 13.9. The van der Waals surface area contributed by atoms with Crippen molar-refractivity contribution in [3.8, 4) is 5.75 Å². The molecule has 0 atom stereocenters. The second kappa shape index (κ2) is 8.34. The summed E-state index contributed by atoms with van der Waals surface area (Å²) in [7, 11) is -3.40. The Kier molecular flexibility index (Phi) is 5.90.